The van der Waals surface area contributed by atoms with Crippen LogP contribution in [0.3, 0.4) is 0 Å². The van der Waals surface area contributed by atoms with Crippen molar-refractivity contribution in [1.29, 1.82) is 0 Å². The molecule has 0 atom stereocenters. The summed E-state index contributed by atoms with van der Waals surface area (Å²) in [5.41, 5.74) is 1.24. The minimum absolute atomic E-state index is 0.407. The molecule has 0 spiro atoms. The summed E-state index contributed by atoms with van der Waals surface area (Å²) in [7, 11) is 0. The molecule has 1 fully saturated rings. The maximum Gasteiger partial charge on any atom is 0.219 e. The summed E-state index contributed by atoms with van der Waals surface area (Å²) >= 11 is 0. The van der Waals surface area contributed by atoms with Crippen LogP contribution in [0.15, 0.2) is 28.9 Å². The molecule has 0 radical (unpaired) electrons. The van der Waals surface area contributed by atoms with E-state index < -0.39 is 0 Å². The molecule has 18 heavy (non-hydrogen) atoms. The topological polar surface area (TPSA) is 55.1 Å². The molecule has 94 valence electrons. The van der Waals surface area contributed by atoms with Crippen molar-refractivity contribution >= 4 is 5.69 Å². The lowest BCUT2D eigenvalue weighted by Gasteiger charge is -2.32. The molecular formula is C13H16N4O. The Hall–Kier alpha value is -1.91. The van der Waals surface area contributed by atoms with E-state index in [1.165, 1.54) is 5.69 Å². The van der Waals surface area contributed by atoms with Crippen molar-refractivity contribution in [2.45, 2.75) is 25.7 Å². The Morgan fingerprint density at radius 3 is 2.50 bits per heavy atom. The molecule has 0 bridgehead atoms. The molecule has 0 aliphatic carbocycles. The van der Waals surface area contributed by atoms with E-state index in [0.29, 0.717) is 11.8 Å². The van der Waals surface area contributed by atoms with Crippen molar-refractivity contribution in [2.75, 3.05) is 18.0 Å². The van der Waals surface area contributed by atoms with Crippen molar-refractivity contribution in [2.24, 2.45) is 0 Å². The van der Waals surface area contributed by atoms with Gasteiger partial charge in [0.25, 0.3) is 0 Å². The van der Waals surface area contributed by atoms with Crippen LogP contribution >= 0.6 is 0 Å². The van der Waals surface area contributed by atoms with Crippen molar-refractivity contribution in [3.05, 3.63) is 36.3 Å². The van der Waals surface area contributed by atoms with Crippen molar-refractivity contribution in [1.82, 2.24) is 15.2 Å². The predicted octanol–water partition coefficient (Wildman–Crippen LogP) is 2.16. The van der Waals surface area contributed by atoms with Gasteiger partial charge in [0, 0.05) is 44.0 Å². The predicted molar refractivity (Wildman–Crippen MR) is 67.5 cm³/mol. The van der Waals surface area contributed by atoms with Crippen LogP contribution in [-0.2, 0) is 0 Å². The standard InChI is InChI=1S/C13H16N4O/c1-10-15-16-13(18-10)11-4-8-17(9-5-11)12-2-6-14-7-3-12/h2-3,6-7,11H,4-5,8-9H2,1H3. The fourth-order valence-electron chi connectivity index (χ4n) is 2.42. The van der Waals surface area contributed by atoms with Crippen LogP contribution < -0.4 is 4.90 Å². The van der Waals surface area contributed by atoms with Crippen molar-refractivity contribution in [3.63, 3.8) is 0 Å². The largest absolute Gasteiger partial charge is 0.425 e. The highest BCUT2D eigenvalue weighted by Crippen LogP contribution is 2.29. The molecule has 1 saturated heterocycles. The molecule has 2 aromatic heterocycles. The van der Waals surface area contributed by atoms with Gasteiger partial charge < -0.3 is 9.32 Å². The Labute approximate surface area is 106 Å². The maximum atomic E-state index is 5.51. The minimum atomic E-state index is 0.407. The second-order valence-corrected chi connectivity index (χ2v) is 4.63. The quantitative estimate of drug-likeness (QED) is 0.810. The highest BCUT2D eigenvalue weighted by molar-refractivity contribution is 5.45. The minimum Gasteiger partial charge on any atom is -0.425 e. The summed E-state index contributed by atoms with van der Waals surface area (Å²) < 4.78 is 5.51. The van der Waals surface area contributed by atoms with Crippen LogP contribution in [0.25, 0.3) is 0 Å². The molecule has 3 rings (SSSR count). The van der Waals surface area contributed by atoms with E-state index in [0.717, 1.165) is 31.8 Å². The number of aromatic nitrogens is 3. The molecule has 2 aromatic rings. The fraction of sp³-hybridized carbons (Fsp3) is 0.462. The van der Waals surface area contributed by atoms with E-state index in [1.54, 1.807) is 0 Å². The number of piperidine rings is 1. The summed E-state index contributed by atoms with van der Waals surface area (Å²) in [6.45, 7) is 3.88. The number of pyridine rings is 1. The number of nitrogens with zero attached hydrogens (tertiary/aromatic N) is 4. The molecule has 0 aromatic carbocycles. The van der Waals surface area contributed by atoms with Gasteiger partial charge in [0.2, 0.25) is 11.8 Å². The number of aryl methyl sites for hydroxylation is 1. The molecule has 0 unspecified atom stereocenters. The third-order valence-electron chi connectivity index (χ3n) is 3.41. The molecule has 1 aliphatic rings. The van der Waals surface area contributed by atoms with Crippen molar-refractivity contribution < 1.29 is 4.42 Å². The Balaban J connectivity index is 1.65. The Kier molecular flexibility index (Phi) is 2.96. The molecular weight excluding hydrogens is 228 g/mol. The van der Waals surface area contributed by atoms with Gasteiger partial charge in [0.05, 0.1) is 0 Å². The Morgan fingerprint density at radius 1 is 1.17 bits per heavy atom. The number of hydrogen-bond acceptors (Lipinski definition) is 5. The van der Waals surface area contributed by atoms with Gasteiger partial charge in [-0.15, -0.1) is 10.2 Å². The molecule has 1 aliphatic heterocycles. The average Bonchev–Trinajstić information content (AvgIpc) is 2.87. The number of rotatable bonds is 2. The van der Waals surface area contributed by atoms with Gasteiger partial charge in [-0.25, -0.2) is 0 Å². The first-order chi connectivity index (χ1) is 8.83. The molecule has 5 nitrogen and oxygen atoms in total. The Bertz CT molecular complexity index is 503. The van der Waals surface area contributed by atoms with E-state index in [2.05, 4.69) is 32.2 Å². The van der Waals surface area contributed by atoms with E-state index in [-0.39, 0.29) is 0 Å². The third kappa shape index (κ3) is 2.20. The first-order valence-electron chi connectivity index (χ1n) is 6.28. The average molecular weight is 244 g/mol. The lowest BCUT2D eigenvalue weighted by Crippen LogP contribution is -2.32. The lowest BCUT2D eigenvalue weighted by atomic mass is 9.96. The normalized spacial score (nSPS) is 17.1. The zero-order valence-corrected chi connectivity index (χ0v) is 10.4. The zero-order valence-electron chi connectivity index (χ0n) is 10.4. The van der Waals surface area contributed by atoms with Crippen molar-refractivity contribution in [3.8, 4) is 0 Å². The molecule has 0 amide bonds. The van der Waals surface area contributed by atoms with Gasteiger partial charge in [0.1, 0.15) is 0 Å². The van der Waals surface area contributed by atoms with Crippen LogP contribution in [0, 0.1) is 6.92 Å². The summed E-state index contributed by atoms with van der Waals surface area (Å²) in [6, 6.07) is 4.11. The van der Waals surface area contributed by atoms with Gasteiger partial charge >= 0.3 is 0 Å². The summed E-state index contributed by atoms with van der Waals surface area (Å²) in [5, 5.41) is 8.02. The lowest BCUT2D eigenvalue weighted by molar-refractivity contribution is 0.383. The second kappa shape index (κ2) is 4.76. The van der Waals surface area contributed by atoms with Crippen LogP contribution in [-0.4, -0.2) is 28.3 Å². The summed E-state index contributed by atoms with van der Waals surface area (Å²) in [4.78, 5) is 6.42. The van der Waals surface area contributed by atoms with Gasteiger partial charge in [-0.2, -0.15) is 0 Å². The fourth-order valence-corrected chi connectivity index (χ4v) is 2.42. The second-order valence-electron chi connectivity index (χ2n) is 4.63. The van der Waals surface area contributed by atoms with E-state index in [9.17, 15) is 0 Å². The van der Waals surface area contributed by atoms with E-state index in [4.69, 9.17) is 4.42 Å². The smallest absolute Gasteiger partial charge is 0.219 e. The van der Waals surface area contributed by atoms with Crippen LogP contribution in [0.1, 0.15) is 30.5 Å². The number of anilines is 1. The summed E-state index contributed by atoms with van der Waals surface area (Å²) in [5.74, 6) is 1.85. The SMILES string of the molecule is Cc1nnc(C2CCN(c3ccncc3)CC2)o1. The summed E-state index contributed by atoms with van der Waals surface area (Å²) in [6.07, 6.45) is 5.79. The highest BCUT2D eigenvalue weighted by atomic mass is 16.4. The van der Waals surface area contributed by atoms with Gasteiger partial charge in [-0.1, -0.05) is 0 Å². The van der Waals surface area contributed by atoms with Crippen LogP contribution in [0.5, 0.6) is 0 Å². The Morgan fingerprint density at radius 2 is 1.89 bits per heavy atom. The van der Waals surface area contributed by atoms with Gasteiger partial charge in [-0.05, 0) is 25.0 Å². The van der Waals surface area contributed by atoms with Crippen LogP contribution in [0.2, 0.25) is 0 Å². The first kappa shape index (κ1) is 11.2. The molecule has 0 N–H and O–H groups in total. The van der Waals surface area contributed by atoms with Gasteiger partial charge in [0.15, 0.2) is 0 Å². The van der Waals surface area contributed by atoms with E-state index >= 15 is 0 Å². The maximum absolute atomic E-state index is 5.51. The zero-order chi connectivity index (χ0) is 12.4. The molecule has 5 heteroatoms. The van der Waals surface area contributed by atoms with Gasteiger partial charge in [-0.3, -0.25) is 4.98 Å². The third-order valence-corrected chi connectivity index (χ3v) is 3.41. The van der Waals surface area contributed by atoms with Crippen LogP contribution in [0.4, 0.5) is 5.69 Å². The number of hydrogen-bond donors (Lipinski definition) is 0. The van der Waals surface area contributed by atoms with E-state index in [1.807, 2.05) is 19.3 Å². The molecule has 0 saturated carbocycles. The molecule has 3 heterocycles. The first-order valence-corrected chi connectivity index (χ1v) is 6.28. The monoisotopic (exact) mass is 244 g/mol. The highest BCUT2D eigenvalue weighted by Gasteiger charge is 2.24.